The number of nitrogens with zero attached hydrogens (tertiary/aromatic N) is 2. The van der Waals surface area contributed by atoms with E-state index in [0.29, 0.717) is 18.2 Å². The van der Waals surface area contributed by atoms with Gasteiger partial charge in [0.05, 0.1) is 23.1 Å². The van der Waals surface area contributed by atoms with Gasteiger partial charge in [0, 0.05) is 38.3 Å². The molecule has 10 heteroatoms. The molecule has 152 valence electrons. The number of benzene rings is 1. The highest BCUT2D eigenvalue weighted by atomic mass is 19.1. The van der Waals surface area contributed by atoms with Gasteiger partial charge in [0.2, 0.25) is 0 Å². The van der Waals surface area contributed by atoms with Crippen LogP contribution in [0.15, 0.2) is 28.9 Å². The van der Waals surface area contributed by atoms with E-state index >= 15 is 0 Å². The molecule has 2 aliphatic rings. The number of furan rings is 1. The fraction of sp³-hybridized carbons (Fsp3) is 0.316. The average molecular weight is 404 g/mol. The van der Waals surface area contributed by atoms with E-state index in [2.05, 4.69) is 10.6 Å². The van der Waals surface area contributed by atoms with Gasteiger partial charge in [0.15, 0.2) is 5.76 Å². The minimum Gasteiger partial charge on any atom is -0.459 e. The second-order valence-electron chi connectivity index (χ2n) is 7.30. The third kappa shape index (κ3) is 3.00. The molecule has 0 radical (unpaired) electrons. The lowest BCUT2D eigenvalue weighted by molar-refractivity contribution is 0.00744. The number of hydrogen-bond donors (Lipinski definition) is 2. The summed E-state index contributed by atoms with van der Waals surface area (Å²) >= 11 is 0. The molecule has 2 aliphatic heterocycles. The molecular weight excluding hydrogens is 386 g/mol. The molecule has 4 amide bonds. The summed E-state index contributed by atoms with van der Waals surface area (Å²) in [6.07, 6.45) is 1.32. The van der Waals surface area contributed by atoms with E-state index in [9.17, 15) is 23.2 Å². The zero-order valence-corrected chi connectivity index (χ0v) is 15.7. The van der Waals surface area contributed by atoms with Crippen molar-refractivity contribution in [1.82, 2.24) is 15.1 Å². The molecule has 2 fully saturated rings. The number of rotatable bonds is 3. The quantitative estimate of drug-likeness (QED) is 0.818. The van der Waals surface area contributed by atoms with Crippen LogP contribution in [0.3, 0.4) is 0 Å². The number of urea groups is 1. The summed E-state index contributed by atoms with van der Waals surface area (Å²) in [6, 6.07) is 2.86. The zero-order chi connectivity index (χ0) is 20.9. The molecule has 2 N–H and O–H groups in total. The van der Waals surface area contributed by atoms with Crippen molar-refractivity contribution in [2.75, 3.05) is 32.0 Å². The maximum atomic E-state index is 14.3. The summed E-state index contributed by atoms with van der Waals surface area (Å²) in [6.45, 7) is 2.49. The number of anilines is 1. The van der Waals surface area contributed by atoms with Gasteiger partial charge in [-0.05, 0) is 19.1 Å². The molecule has 0 atom stereocenters. The van der Waals surface area contributed by atoms with Gasteiger partial charge in [-0.1, -0.05) is 0 Å². The van der Waals surface area contributed by atoms with Gasteiger partial charge in [-0.3, -0.25) is 9.59 Å². The summed E-state index contributed by atoms with van der Waals surface area (Å²) in [5.74, 6) is -3.41. The van der Waals surface area contributed by atoms with Crippen molar-refractivity contribution < 1.29 is 27.6 Å². The van der Waals surface area contributed by atoms with Crippen LogP contribution in [0.1, 0.15) is 26.5 Å². The third-order valence-electron chi connectivity index (χ3n) is 5.45. The molecule has 1 aromatic heterocycles. The molecule has 3 heterocycles. The summed E-state index contributed by atoms with van der Waals surface area (Å²) in [4.78, 5) is 39.5. The molecule has 0 unspecified atom stereocenters. The predicted molar refractivity (Wildman–Crippen MR) is 97.6 cm³/mol. The van der Waals surface area contributed by atoms with Crippen LogP contribution in [0.25, 0.3) is 0 Å². The van der Waals surface area contributed by atoms with E-state index in [0.717, 1.165) is 6.07 Å². The third-order valence-corrected chi connectivity index (χ3v) is 5.45. The van der Waals surface area contributed by atoms with Crippen molar-refractivity contribution in [2.45, 2.75) is 12.5 Å². The molecule has 2 aromatic rings. The highest BCUT2D eigenvalue weighted by Crippen LogP contribution is 2.32. The largest absolute Gasteiger partial charge is 0.459 e. The minimum absolute atomic E-state index is 0.00674. The number of nitrogens with one attached hydrogen (secondary N) is 2. The smallest absolute Gasteiger partial charge is 0.317 e. The Labute approximate surface area is 164 Å². The van der Waals surface area contributed by atoms with E-state index in [1.807, 2.05) is 0 Å². The number of amides is 4. The Morgan fingerprint density at radius 2 is 1.97 bits per heavy atom. The maximum Gasteiger partial charge on any atom is 0.317 e. The first-order valence-electron chi connectivity index (χ1n) is 8.87. The van der Waals surface area contributed by atoms with Crippen LogP contribution < -0.4 is 10.6 Å². The fourth-order valence-electron chi connectivity index (χ4n) is 3.59. The number of likely N-dealkylation sites (N-methyl/N-ethyl adjacent to an activating group) is 1. The summed E-state index contributed by atoms with van der Waals surface area (Å²) < 4.78 is 33.5. The van der Waals surface area contributed by atoms with Crippen LogP contribution in [-0.4, -0.2) is 59.9 Å². The molecule has 1 spiro atoms. The second kappa shape index (κ2) is 6.57. The van der Waals surface area contributed by atoms with Crippen molar-refractivity contribution in [1.29, 1.82) is 0 Å². The Balaban J connectivity index is 1.53. The Hall–Kier alpha value is -3.43. The standard InChI is InChI=1S/C19H18F2N4O4/c1-10-3-4-29-15(10)16(26)23-14-5-11(12(20)6-13(14)21)17(27)25-8-19(9-25)7-22-18(28)24(19)2/h3-6H,7-9H2,1-2H3,(H,22,28)(H,23,26). The summed E-state index contributed by atoms with van der Waals surface area (Å²) in [7, 11) is 1.63. The topological polar surface area (TPSA) is 94.9 Å². The Bertz CT molecular complexity index is 1030. The number of halogens is 2. The first kappa shape index (κ1) is 18.9. The first-order valence-corrected chi connectivity index (χ1v) is 8.87. The normalized spacial score (nSPS) is 17.3. The van der Waals surface area contributed by atoms with Crippen molar-refractivity contribution >= 4 is 23.5 Å². The molecule has 1 aromatic carbocycles. The summed E-state index contributed by atoms with van der Waals surface area (Å²) in [5.41, 5.74) is -0.666. The van der Waals surface area contributed by atoms with Gasteiger partial charge in [-0.25, -0.2) is 13.6 Å². The number of carbonyl (C=O) groups is 3. The van der Waals surface area contributed by atoms with Crippen molar-refractivity contribution in [3.63, 3.8) is 0 Å². The van der Waals surface area contributed by atoms with E-state index in [1.165, 1.54) is 16.1 Å². The van der Waals surface area contributed by atoms with Gasteiger partial charge in [-0.15, -0.1) is 0 Å². The van der Waals surface area contributed by atoms with E-state index < -0.39 is 29.0 Å². The van der Waals surface area contributed by atoms with E-state index in [-0.39, 0.29) is 36.1 Å². The number of aryl methyl sites for hydroxylation is 1. The van der Waals surface area contributed by atoms with E-state index in [1.54, 1.807) is 20.0 Å². The average Bonchev–Trinajstić information content (AvgIpc) is 3.19. The molecule has 0 aliphatic carbocycles. The van der Waals surface area contributed by atoms with Crippen molar-refractivity contribution in [3.05, 3.63) is 53.0 Å². The van der Waals surface area contributed by atoms with Gasteiger partial charge < -0.3 is 24.9 Å². The summed E-state index contributed by atoms with van der Waals surface area (Å²) in [5, 5.41) is 5.00. The molecule has 2 saturated heterocycles. The highest BCUT2D eigenvalue weighted by Gasteiger charge is 2.53. The zero-order valence-electron chi connectivity index (χ0n) is 15.7. The van der Waals surface area contributed by atoms with Crippen LogP contribution in [-0.2, 0) is 0 Å². The second-order valence-corrected chi connectivity index (χ2v) is 7.30. The molecule has 0 saturated carbocycles. The van der Waals surface area contributed by atoms with Crippen LogP contribution >= 0.6 is 0 Å². The lowest BCUT2D eigenvalue weighted by atomic mass is 9.88. The van der Waals surface area contributed by atoms with Crippen LogP contribution in [0.4, 0.5) is 19.3 Å². The van der Waals surface area contributed by atoms with Crippen molar-refractivity contribution in [2.24, 2.45) is 0 Å². The van der Waals surface area contributed by atoms with Crippen LogP contribution in [0.2, 0.25) is 0 Å². The van der Waals surface area contributed by atoms with E-state index in [4.69, 9.17) is 4.42 Å². The number of carbonyl (C=O) groups excluding carboxylic acids is 3. The maximum absolute atomic E-state index is 14.3. The molecule has 4 rings (SSSR count). The molecule has 8 nitrogen and oxygen atoms in total. The van der Waals surface area contributed by atoms with Gasteiger partial charge in [0.25, 0.3) is 11.8 Å². The fourth-order valence-corrected chi connectivity index (χ4v) is 3.59. The Kier molecular flexibility index (Phi) is 4.29. The lowest BCUT2D eigenvalue weighted by Crippen LogP contribution is -2.70. The Morgan fingerprint density at radius 1 is 1.24 bits per heavy atom. The SMILES string of the molecule is Cc1ccoc1C(=O)Nc1cc(C(=O)N2CC3(CNC(=O)N3C)C2)c(F)cc1F. The van der Waals surface area contributed by atoms with Crippen LogP contribution in [0, 0.1) is 18.6 Å². The first-order chi connectivity index (χ1) is 13.7. The monoisotopic (exact) mass is 404 g/mol. The Morgan fingerprint density at radius 3 is 2.55 bits per heavy atom. The van der Waals surface area contributed by atoms with Gasteiger partial charge in [0.1, 0.15) is 11.6 Å². The number of likely N-dealkylation sites (tertiary alicyclic amines) is 1. The van der Waals surface area contributed by atoms with Crippen LogP contribution in [0.5, 0.6) is 0 Å². The highest BCUT2D eigenvalue weighted by molar-refractivity contribution is 6.04. The minimum atomic E-state index is -1.03. The van der Waals surface area contributed by atoms with Gasteiger partial charge >= 0.3 is 6.03 Å². The number of hydrogen-bond acceptors (Lipinski definition) is 4. The lowest BCUT2D eigenvalue weighted by Gasteiger charge is -2.50. The molecule has 29 heavy (non-hydrogen) atoms. The van der Waals surface area contributed by atoms with Gasteiger partial charge in [-0.2, -0.15) is 0 Å². The molecular formula is C19H18F2N4O4. The molecule has 0 bridgehead atoms. The van der Waals surface area contributed by atoms with Crippen molar-refractivity contribution in [3.8, 4) is 0 Å². The predicted octanol–water partition coefficient (Wildman–Crippen LogP) is 1.97.